The number of aliphatic carboxylic acids is 1. The van der Waals surface area contributed by atoms with Gasteiger partial charge >= 0.3 is 5.97 Å². The van der Waals surface area contributed by atoms with E-state index in [1.54, 1.807) is 0 Å². The molecule has 1 aliphatic carbocycles. The lowest BCUT2D eigenvalue weighted by Gasteiger charge is -2.43. The van der Waals surface area contributed by atoms with Crippen molar-refractivity contribution in [2.45, 2.75) is 156 Å². The van der Waals surface area contributed by atoms with Crippen LogP contribution in [0.15, 0.2) is 0 Å². The third-order valence-electron chi connectivity index (χ3n) is 8.29. The van der Waals surface area contributed by atoms with Crippen LogP contribution in [0.5, 0.6) is 0 Å². The molecule has 1 rings (SSSR count). The van der Waals surface area contributed by atoms with Crippen molar-refractivity contribution in [3.63, 3.8) is 0 Å². The molecule has 0 spiro atoms. The van der Waals surface area contributed by atoms with Gasteiger partial charge in [-0.05, 0) is 43.4 Å². The normalized spacial score (nSPS) is 24.9. The highest BCUT2D eigenvalue weighted by molar-refractivity contribution is 5.75. The Kier molecular flexibility index (Phi) is 15.6. The van der Waals surface area contributed by atoms with E-state index in [0.29, 0.717) is 17.8 Å². The molecule has 0 bridgehead atoms. The number of hydrogen-bond donors (Lipinski definition) is 1. The van der Waals surface area contributed by atoms with E-state index < -0.39 is 11.4 Å². The van der Waals surface area contributed by atoms with Gasteiger partial charge < -0.3 is 5.11 Å². The van der Waals surface area contributed by atoms with Crippen LogP contribution in [0.2, 0.25) is 0 Å². The van der Waals surface area contributed by atoms with E-state index in [1.165, 1.54) is 103 Å². The first kappa shape index (κ1) is 28.5. The topological polar surface area (TPSA) is 37.3 Å². The molecule has 1 N–H and O–H groups in total. The van der Waals surface area contributed by atoms with Crippen LogP contribution < -0.4 is 0 Å². The number of rotatable bonds is 19. The first-order valence-electron chi connectivity index (χ1n) is 14.2. The molecule has 0 radical (unpaired) electrons. The second-order valence-corrected chi connectivity index (χ2v) is 11.1. The summed E-state index contributed by atoms with van der Waals surface area (Å²) < 4.78 is 0. The Balaban J connectivity index is 2.54. The summed E-state index contributed by atoms with van der Waals surface area (Å²) in [4.78, 5) is 12.5. The van der Waals surface area contributed by atoms with Gasteiger partial charge in [0.15, 0.2) is 0 Å². The van der Waals surface area contributed by atoms with E-state index in [0.717, 1.165) is 25.7 Å². The van der Waals surface area contributed by atoms with E-state index in [9.17, 15) is 9.90 Å². The highest BCUT2D eigenvalue weighted by Gasteiger charge is 2.47. The lowest BCUT2D eigenvalue weighted by molar-refractivity contribution is -0.157. The minimum Gasteiger partial charge on any atom is -0.481 e. The average molecular weight is 437 g/mol. The van der Waals surface area contributed by atoms with Gasteiger partial charge in [-0.3, -0.25) is 4.79 Å². The molecule has 1 aliphatic rings. The molecule has 184 valence electrons. The average Bonchev–Trinajstić information content (AvgIpc) is 2.74. The zero-order valence-corrected chi connectivity index (χ0v) is 21.7. The van der Waals surface area contributed by atoms with Crippen molar-refractivity contribution in [3.8, 4) is 0 Å². The fourth-order valence-electron chi connectivity index (χ4n) is 6.05. The van der Waals surface area contributed by atoms with Gasteiger partial charge in [0.1, 0.15) is 0 Å². The van der Waals surface area contributed by atoms with Gasteiger partial charge in [-0.25, -0.2) is 0 Å². The molecular weight excluding hydrogens is 380 g/mol. The molecule has 0 saturated heterocycles. The van der Waals surface area contributed by atoms with Crippen LogP contribution in [0, 0.1) is 23.2 Å². The molecule has 0 amide bonds. The van der Waals surface area contributed by atoms with E-state index in [-0.39, 0.29) is 0 Å². The molecule has 4 atom stereocenters. The molecule has 1 fully saturated rings. The Morgan fingerprint density at radius 2 is 1.26 bits per heavy atom. The maximum atomic E-state index is 12.5. The van der Waals surface area contributed by atoms with E-state index in [2.05, 4.69) is 27.7 Å². The molecule has 2 heteroatoms. The monoisotopic (exact) mass is 436 g/mol. The molecule has 0 aliphatic heterocycles. The molecule has 31 heavy (non-hydrogen) atoms. The number of carbonyl (C=O) groups is 1. The van der Waals surface area contributed by atoms with Crippen molar-refractivity contribution >= 4 is 5.97 Å². The van der Waals surface area contributed by atoms with Crippen LogP contribution in [0.3, 0.4) is 0 Å². The van der Waals surface area contributed by atoms with E-state index in [1.807, 2.05) is 0 Å². The summed E-state index contributed by atoms with van der Waals surface area (Å²) in [6.45, 7) is 9.08. The number of hydrogen-bond acceptors (Lipinski definition) is 1. The van der Waals surface area contributed by atoms with Crippen LogP contribution in [0.25, 0.3) is 0 Å². The molecule has 2 nitrogen and oxygen atoms in total. The van der Waals surface area contributed by atoms with Gasteiger partial charge in [-0.15, -0.1) is 0 Å². The minimum atomic E-state index is -0.504. The molecule has 0 aromatic rings. The van der Waals surface area contributed by atoms with Crippen LogP contribution in [0.1, 0.15) is 156 Å². The van der Waals surface area contributed by atoms with Crippen LogP contribution in [-0.4, -0.2) is 11.1 Å². The fourth-order valence-corrected chi connectivity index (χ4v) is 6.05. The smallest absolute Gasteiger partial charge is 0.309 e. The largest absolute Gasteiger partial charge is 0.481 e. The summed E-state index contributed by atoms with van der Waals surface area (Å²) in [6.07, 6.45) is 25.4. The Labute approximate surface area is 195 Å². The van der Waals surface area contributed by atoms with E-state index in [4.69, 9.17) is 0 Å². The fraction of sp³-hybridized carbons (Fsp3) is 0.966. The second kappa shape index (κ2) is 17.0. The summed E-state index contributed by atoms with van der Waals surface area (Å²) in [5.74, 6) is 1.11. The first-order chi connectivity index (χ1) is 15.0. The highest BCUT2D eigenvalue weighted by Crippen LogP contribution is 2.49. The number of unbranched alkanes of at least 4 members (excludes halogenated alkanes) is 12. The van der Waals surface area contributed by atoms with Crippen LogP contribution >= 0.6 is 0 Å². The SMILES string of the molecule is CCCCCCCCCCC(CCCCCCCC)CC1(C(=O)O)CCC(C)CC1C. The highest BCUT2D eigenvalue weighted by atomic mass is 16.4. The lowest BCUT2D eigenvalue weighted by Crippen LogP contribution is -2.43. The summed E-state index contributed by atoms with van der Waals surface area (Å²) in [5, 5.41) is 10.3. The summed E-state index contributed by atoms with van der Waals surface area (Å²) in [7, 11) is 0. The zero-order valence-electron chi connectivity index (χ0n) is 21.7. The number of carboxylic acid groups (broad SMARTS) is 1. The quantitative estimate of drug-likeness (QED) is 0.204. The predicted octanol–water partition coefficient (Wildman–Crippen LogP) is 9.80. The van der Waals surface area contributed by atoms with Gasteiger partial charge in [0, 0.05) is 0 Å². The van der Waals surface area contributed by atoms with Crippen molar-refractivity contribution in [3.05, 3.63) is 0 Å². The Bertz CT molecular complexity index is 446. The summed E-state index contributed by atoms with van der Waals surface area (Å²) >= 11 is 0. The van der Waals surface area contributed by atoms with Gasteiger partial charge in [-0.2, -0.15) is 0 Å². The third kappa shape index (κ3) is 11.2. The molecule has 1 saturated carbocycles. The van der Waals surface area contributed by atoms with E-state index >= 15 is 0 Å². The minimum absolute atomic E-state index is 0.319. The lowest BCUT2D eigenvalue weighted by atomic mass is 9.60. The van der Waals surface area contributed by atoms with Crippen LogP contribution in [0.4, 0.5) is 0 Å². The van der Waals surface area contributed by atoms with Crippen molar-refractivity contribution in [2.75, 3.05) is 0 Å². The van der Waals surface area contributed by atoms with Crippen molar-refractivity contribution in [2.24, 2.45) is 23.2 Å². The molecule has 4 unspecified atom stereocenters. The van der Waals surface area contributed by atoms with Crippen LogP contribution in [-0.2, 0) is 4.79 Å². The van der Waals surface area contributed by atoms with Crippen molar-refractivity contribution < 1.29 is 9.90 Å². The maximum absolute atomic E-state index is 12.5. The third-order valence-corrected chi connectivity index (χ3v) is 8.29. The Morgan fingerprint density at radius 3 is 1.68 bits per heavy atom. The first-order valence-corrected chi connectivity index (χ1v) is 14.2. The second-order valence-electron chi connectivity index (χ2n) is 11.1. The Hall–Kier alpha value is -0.530. The van der Waals surface area contributed by atoms with Gasteiger partial charge in [-0.1, -0.05) is 130 Å². The predicted molar refractivity (Wildman–Crippen MR) is 136 cm³/mol. The molecule has 0 aromatic carbocycles. The molecular formula is C29H56O2. The van der Waals surface area contributed by atoms with Gasteiger partial charge in [0.05, 0.1) is 5.41 Å². The standard InChI is InChI=1S/C29H56O2/c1-5-7-9-11-13-14-16-18-20-27(19-17-15-12-10-8-6-2)24-29(28(30)31)22-21-25(3)23-26(29)4/h25-27H,5-24H2,1-4H3,(H,30,31). The van der Waals surface area contributed by atoms with Crippen molar-refractivity contribution in [1.82, 2.24) is 0 Å². The summed E-state index contributed by atoms with van der Waals surface area (Å²) in [5.41, 5.74) is -0.459. The Morgan fingerprint density at radius 1 is 0.806 bits per heavy atom. The molecule has 0 aromatic heterocycles. The maximum Gasteiger partial charge on any atom is 0.309 e. The van der Waals surface area contributed by atoms with Gasteiger partial charge in [0.2, 0.25) is 0 Å². The van der Waals surface area contributed by atoms with Crippen molar-refractivity contribution in [1.29, 1.82) is 0 Å². The van der Waals surface area contributed by atoms with Gasteiger partial charge in [0.25, 0.3) is 0 Å². The summed E-state index contributed by atoms with van der Waals surface area (Å²) in [6, 6.07) is 0. The molecule has 0 heterocycles. The number of carboxylic acids is 1. The zero-order chi connectivity index (χ0) is 23.0.